The highest BCUT2D eigenvalue weighted by Crippen LogP contribution is 2.22. The molecule has 1 aromatic carbocycles. The molecule has 0 saturated carbocycles. The molecule has 2 rings (SSSR count). The molecule has 0 aliphatic rings. The molecule has 11 heteroatoms. The van der Waals surface area contributed by atoms with Crippen LogP contribution >= 0.6 is 35.3 Å². The van der Waals surface area contributed by atoms with Crippen LogP contribution in [0.1, 0.15) is 31.1 Å². The zero-order valence-corrected chi connectivity index (χ0v) is 18.2. The number of nitrogens with one attached hydrogen (secondary N) is 2. The summed E-state index contributed by atoms with van der Waals surface area (Å²) in [6.45, 7) is 4.77. The molecule has 2 aromatic rings. The number of carbonyl (C=O) groups excluding carboxylic acids is 3. The molecular weight excluding hydrogens is 420 g/mol. The lowest BCUT2D eigenvalue weighted by molar-refractivity contribution is -0.123. The third-order valence-corrected chi connectivity index (χ3v) is 5.33. The second-order valence-corrected chi connectivity index (χ2v) is 9.30. The van der Waals surface area contributed by atoms with E-state index in [4.69, 9.17) is 17.0 Å². The van der Waals surface area contributed by atoms with E-state index in [0.717, 1.165) is 10.0 Å². The van der Waals surface area contributed by atoms with Gasteiger partial charge in [-0.15, -0.1) is 5.10 Å². The molecule has 0 atom stereocenters. The minimum absolute atomic E-state index is 0.266. The van der Waals surface area contributed by atoms with E-state index >= 15 is 0 Å². The summed E-state index contributed by atoms with van der Waals surface area (Å²) in [7, 11) is 0. The Labute approximate surface area is 175 Å². The summed E-state index contributed by atoms with van der Waals surface area (Å²) < 4.78 is 7.99. The fraction of sp³-hybridized carbons (Fsp3) is 0.353. The van der Waals surface area contributed by atoms with Crippen LogP contribution in [0.2, 0.25) is 0 Å². The number of hydrogen-bond donors (Lipinski definition) is 2. The van der Waals surface area contributed by atoms with Crippen LogP contribution in [-0.4, -0.2) is 46.1 Å². The maximum absolute atomic E-state index is 12.1. The molecule has 1 heterocycles. The van der Waals surface area contributed by atoms with Gasteiger partial charge < -0.3 is 10.1 Å². The van der Waals surface area contributed by atoms with Crippen LogP contribution < -0.4 is 10.6 Å². The number of carbonyl (C=O) groups is 3. The number of esters is 1. The van der Waals surface area contributed by atoms with E-state index in [-0.39, 0.29) is 5.56 Å². The predicted octanol–water partition coefficient (Wildman–Crippen LogP) is 3.17. The Bertz CT molecular complexity index is 929. The van der Waals surface area contributed by atoms with Gasteiger partial charge in [0.2, 0.25) is 0 Å². The molecule has 3 amide bonds. The van der Waals surface area contributed by atoms with Gasteiger partial charge in [0.1, 0.15) is 0 Å². The molecule has 0 unspecified atom stereocenters. The average molecular weight is 441 g/mol. The second-order valence-electron chi connectivity index (χ2n) is 6.63. The quantitative estimate of drug-likeness (QED) is 0.418. The van der Waals surface area contributed by atoms with Gasteiger partial charge in [-0.3, -0.25) is 10.1 Å². The van der Waals surface area contributed by atoms with Crippen LogP contribution in [0.3, 0.4) is 0 Å². The smallest absolute Gasteiger partial charge is 0.338 e. The molecule has 8 nitrogen and oxygen atoms in total. The Kier molecular flexibility index (Phi) is 7.33. The van der Waals surface area contributed by atoms with E-state index in [9.17, 15) is 14.4 Å². The number of urea groups is 1. The lowest BCUT2D eigenvalue weighted by atomic mass is 10.1. The maximum Gasteiger partial charge on any atom is 0.338 e. The van der Waals surface area contributed by atoms with Crippen LogP contribution in [-0.2, 0) is 9.53 Å². The van der Waals surface area contributed by atoms with Gasteiger partial charge in [0.05, 0.1) is 11.3 Å². The monoisotopic (exact) mass is 440 g/mol. The summed E-state index contributed by atoms with van der Waals surface area (Å²) in [4.78, 5) is 35.4. The van der Waals surface area contributed by atoms with Crippen molar-refractivity contribution in [2.45, 2.75) is 30.6 Å². The van der Waals surface area contributed by atoms with E-state index < -0.39 is 30.1 Å². The normalized spacial score (nSPS) is 11.0. The number of rotatable bonds is 5. The third kappa shape index (κ3) is 6.43. The van der Waals surface area contributed by atoms with E-state index in [2.05, 4.69) is 15.7 Å². The first-order chi connectivity index (χ1) is 13.1. The first-order valence-electron chi connectivity index (χ1n) is 8.13. The summed E-state index contributed by atoms with van der Waals surface area (Å²) in [5.41, 5.74) is 0.497. The fourth-order valence-electron chi connectivity index (χ4n) is 1.99. The molecule has 150 valence electrons. The van der Waals surface area contributed by atoms with Gasteiger partial charge in [0.25, 0.3) is 5.91 Å². The van der Waals surface area contributed by atoms with Crippen molar-refractivity contribution in [3.63, 3.8) is 0 Å². The van der Waals surface area contributed by atoms with Gasteiger partial charge in [0.15, 0.2) is 14.9 Å². The molecule has 0 radical (unpaired) electrons. The number of aromatic nitrogens is 2. The van der Waals surface area contributed by atoms with E-state index in [0.29, 0.717) is 3.95 Å². The van der Waals surface area contributed by atoms with Crippen molar-refractivity contribution in [1.82, 2.24) is 20.4 Å². The summed E-state index contributed by atoms with van der Waals surface area (Å²) in [5.74, 6) is -1.39. The highest BCUT2D eigenvalue weighted by atomic mass is 32.2. The van der Waals surface area contributed by atoms with Gasteiger partial charge in [-0.05, 0) is 63.5 Å². The number of imide groups is 1. The highest BCUT2D eigenvalue weighted by molar-refractivity contribution is 8.00. The van der Waals surface area contributed by atoms with Crippen molar-refractivity contribution in [2.75, 3.05) is 12.9 Å². The topological polar surface area (TPSA) is 102 Å². The summed E-state index contributed by atoms with van der Waals surface area (Å²) in [6, 6.07) is 5.84. The molecule has 28 heavy (non-hydrogen) atoms. The molecule has 0 spiro atoms. The minimum Gasteiger partial charge on any atom is -0.452 e. The first kappa shape index (κ1) is 22.1. The van der Waals surface area contributed by atoms with Crippen molar-refractivity contribution in [2.24, 2.45) is 0 Å². The molecular formula is C17H20N4O4S3. The number of hydrogen-bond acceptors (Lipinski definition) is 8. The summed E-state index contributed by atoms with van der Waals surface area (Å²) in [5, 5.41) is 9.04. The van der Waals surface area contributed by atoms with Crippen molar-refractivity contribution >= 4 is 53.2 Å². The van der Waals surface area contributed by atoms with Gasteiger partial charge in [0, 0.05) is 5.54 Å². The van der Waals surface area contributed by atoms with Gasteiger partial charge >= 0.3 is 12.0 Å². The Balaban J connectivity index is 1.92. The van der Waals surface area contributed by atoms with Crippen molar-refractivity contribution in [3.05, 3.63) is 33.8 Å². The number of thioether (sulfide) groups is 1. The largest absolute Gasteiger partial charge is 0.452 e. The molecule has 0 fully saturated rings. The molecule has 1 aromatic heterocycles. The fourth-order valence-corrected chi connectivity index (χ4v) is 3.77. The van der Waals surface area contributed by atoms with Crippen LogP contribution in [0.4, 0.5) is 4.79 Å². The van der Waals surface area contributed by atoms with E-state index in [1.54, 1.807) is 49.7 Å². The minimum atomic E-state index is -0.718. The summed E-state index contributed by atoms with van der Waals surface area (Å²) in [6.07, 6.45) is 1.92. The van der Waals surface area contributed by atoms with Gasteiger partial charge in [-0.25, -0.2) is 14.3 Å². The van der Waals surface area contributed by atoms with Crippen LogP contribution in [0.25, 0.3) is 5.69 Å². The molecule has 2 N–H and O–H groups in total. The van der Waals surface area contributed by atoms with Crippen LogP contribution in [0, 0.1) is 3.95 Å². The van der Waals surface area contributed by atoms with Crippen LogP contribution in [0.5, 0.6) is 0 Å². The lowest BCUT2D eigenvalue weighted by Gasteiger charge is -2.20. The Morgan fingerprint density at radius 3 is 2.43 bits per heavy atom. The zero-order chi connectivity index (χ0) is 20.9. The number of ether oxygens (including phenoxy) is 1. The van der Waals surface area contributed by atoms with E-state index in [1.165, 1.54) is 23.1 Å². The lowest BCUT2D eigenvalue weighted by Crippen LogP contribution is -2.49. The van der Waals surface area contributed by atoms with Crippen molar-refractivity contribution in [3.8, 4) is 5.69 Å². The number of benzene rings is 1. The Morgan fingerprint density at radius 2 is 1.89 bits per heavy atom. The van der Waals surface area contributed by atoms with Crippen LogP contribution in [0.15, 0.2) is 28.6 Å². The average Bonchev–Trinajstić information content (AvgIpc) is 2.99. The number of nitrogens with zero attached hydrogens (tertiary/aromatic N) is 2. The third-order valence-electron chi connectivity index (χ3n) is 3.13. The number of amides is 3. The Morgan fingerprint density at radius 1 is 1.25 bits per heavy atom. The van der Waals surface area contributed by atoms with Gasteiger partial charge in [-0.2, -0.15) is 0 Å². The SMILES string of the molecule is CSc1nn(-c2ccc(C(=O)OCC(=O)NC(=O)NC(C)(C)C)cc2)c(=S)s1. The zero-order valence-electron chi connectivity index (χ0n) is 15.8. The highest BCUT2D eigenvalue weighted by Gasteiger charge is 2.17. The van der Waals surface area contributed by atoms with Crippen molar-refractivity contribution < 1.29 is 19.1 Å². The molecule has 0 bridgehead atoms. The van der Waals surface area contributed by atoms with E-state index in [1.807, 2.05) is 6.26 Å². The van der Waals surface area contributed by atoms with Gasteiger partial charge in [-0.1, -0.05) is 23.1 Å². The molecule has 0 saturated heterocycles. The summed E-state index contributed by atoms with van der Waals surface area (Å²) >= 11 is 8.18. The molecule has 0 aliphatic carbocycles. The predicted molar refractivity (Wildman–Crippen MR) is 111 cm³/mol. The standard InChI is InChI=1S/C17H20N4O4S3/c1-17(2,3)19-14(24)18-12(22)9-25-13(23)10-5-7-11(8-6-10)21-16(26)28-15(20-21)27-4/h5-8H,9H2,1-4H3,(H2,18,19,22,24). The van der Waals surface area contributed by atoms with Crippen molar-refractivity contribution in [1.29, 1.82) is 0 Å². The second kappa shape index (κ2) is 9.30. The first-order valence-corrected chi connectivity index (χ1v) is 10.6. The maximum atomic E-state index is 12.1. The Hall–Kier alpha value is -2.24. The molecule has 0 aliphatic heterocycles.